The summed E-state index contributed by atoms with van der Waals surface area (Å²) in [7, 11) is 3.50. The van der Waals surface area contributed by atoms with Crippen molar-refractivity contribution in [3.05, 3.63) is 29.3 Å². The Balaban J connectivity index is 1.99. The number of ether oxygens (including phenoxy) is 2. The van der Waals surface area contributed by atoms with Crippen molar-refractivity contribution in [2.24, 2.45) is 0 Å². The van der Waals surface area contributed by atoms with Gasteiger partial charge in [-0.2, -0.15) is 0 Å². The van der Waals surface area contributed by atoms with Crippen molar-refractivity contribution in [1.82, 2.24) is 4.90 Å². The zero-order valence-electron chi connectivity index (χ0n) is 11.1. The van der Waals surface area contributed by atoms with Gasteiger partial charge >= 0.3 is 0 Å². The number of rotatable bonds is 1. The van der Waals surface area contributed by atoms with Gasteiger partial charge in [0, 0.05) is 25.2 Å². The zero-order chi connectivity index (χ0) is 13.1. The summed E-state index contributed by atoms with van der Waals surface area (Å²) in [6, 6.07) is 5.56. The van der Waals surface area contributed by atoms with Crippen molar-refractivity contribution in [1.29, 1.82) is 0 Å². The standard InChI is InChI=1S/C14H17NO3/c1-14(2)12-11(17-12)9-7-8(13(16)15(3)4)5-6-10(9)18-14/h5-7,11-12H,1-4H3. The van der Waals surface area contributed by atoms with E-state index < -0.39 is 0 Å². The molecular weight excluding hydrogens is 230 g/mol. The van der Waals surface area contributed by atoms with Gasteiger partial charge < -0.3 is 14.4 Å². The highest BCUT2D eigenvalue weighted by atomic mass is 16.6. The van der Waals surface area contributed by atoms with E-state index in [1.165, 1.54) is 0 Å². The normalized spacial score (nSPS) is 26.7. The van der Waals surface area contributed by atoms with Crippen molar-refractivity contribution in [2.45, 2.75) is 31.7 Å². The molecule has 0 radical (unpaired) electrons. The van der Waals surface area contributed by atoms with Crippen LogP contribution in [0.5, 0.6) is 5.75 Å². The number of amides is 1. The first-order valence-electron chi connectivity index (χ1n) is 6.10. The summed E-state index contributed by atoms with van der Waals surface area (Å²) in [5, 5.41) is 0. The average molecular weight is 247 g/mol. The first-order chi connectivity index (χ1) is 8.40. The van der Waals surface area contributed by atoms with Gasteiger partial charge in [0.15, 0.2) is 0 Å². The van der Waals surface area contributed by atoms with Crippen LogP contribution in [0, 0.1) is 0 Å². The second-order valence-electron chi connectivity index (χ2n) is 5.63. The molecule has 1 fully saturated rings. The molecule has 0 N–H and O–H groups in total. The summed E-state index contributed by atoms with van der Waals surface area (Å²) >= 11 is 0. The molecule has 1 aromatic carbocycles. The SMILES string of the molecule is CN(C)C(=O)c1ccc2c(c1)C1OC1C(C)(C)O2. The highest BCUT2D eigenvalue weighted by Gasteiger charge is 2.56. The van der Waals surface area contributed by atoms with Crippen LogP contribution < -0.4 is 4.74 Å². The van der Waals surface area contributed by atoms with Gasteiger partial charge in [-0.15, -0.1) is 0 Å². The van der Waals surface area contributed by atoms with Crippen LogP contribution in [0.4, 0.5) is 0 Å². The highest BCUT2D eigenvalue weighted by molar-refractivity contribution is 5.94. The van der Waals surface area contributed by atoms with Crippen LogP contribution >= 0.6 is 0 Å². The minimum absolute atomic E-state index is 0.000154. The van der Waals surface area contributed by atoms with Gasteiger partial charge in [-0.05, 0) is 32.0 Å². The largest absolute Gasteiger partial charge is 0.485 e. The lowest BCUT2D eigenvalue weighted by molar-refractivity contribution is 0.0724. The summed E-state index contributed by atoms with van der Waals surface area (Å²) in [6.45, 7) is 4.05. The van der Waals surface area contributed by atoms with Crippen LogP contribution in [0.2, 0.25) is 0 Å². The molecule has 0 spiro atoms. The van der Waals surface area contributed by atoms with E-state index in [0.717, 1.165) is 11.3 Å². The molecule has 1 amide bonds. The van der Waals surface area contributed by atoms with E-state index in [2.05, 4.69) is 0 Å². The molecule has 3 rings (SSSR count). The molecule has 2 aliphatic rings. The Bertz CT molecular complexity index is 522. The van der Waals surface area contributed by atoms with E-state index >= 15 is 0 Å². The lowest BCUT2D eigenvalue weighted by Crippen LogP contribution is -2.37. The molecule has 18 heavy (non-hydrogen) atoms. The van der Waals surface area contributed by atoms with Gasteiger partial charge in [0.2, 0.25) is 0 Å². The summed E-state index contributed by atoms with van der Waals surface area (Å²) in [4.78, 5) is 13.5. The Morgan fingerprint density at radius 1 is 1.33 bits per heavy atom. The Hall–Kier alpha value is -1.55. The lowest BCUT2D eigenvalue weighted by Gasteiger charge is -2.29. The van der Waals surface area contributed by atoms with E-state index in [9.17, 15) is 4.79 Å². The Morgan fingerprint density at radius 3 is 2.72 bits per heavy atom. The van der Waals surface area contributed by atoms with Crippen molar-refractivity contribution in [3.8, 4) is 5.75 Å². The third-order valence-corrected chi connectivity index (χ3v) is 3.52. The van der Waals surface area contributed by atoms with Gasteiger partial charge in [-0.25, -0.2) is 0 Å². The monoisotopic (exact) mass is 247 g/mol. The van der Waals surface area contributed by atoms with E-state index in [0.29, 0.717) is 5.56 Å². The van der Waals surface area contributed by atoms with E-state index in [1.54, 1.807) is 25.1 Å². The number of hydrogen-bond acceptors (Lipinski definition) is 3. The number of carbonyl (C=O) groups excluding carboxylic acids is 1. The first kappa shape index (κ1) is 11.5. The van der Waals surface area contributed by atoms with Crippen LogP contribution in [0.3, 0.4) is 0 Å². The third kappa shape index (κ3) is 1.60. The number of epoxide rings is 1. The molecule has 0 aromatic heterocycles. The lowest BCUT2D eigenvalue weighted by atomic mass is 9.93. The van der Waals surface area contributed by atoms with Gasteiger partial charge in [0.25, 0.3) is 5.91 Å². The van der Waals surface area contributed by atoms with Gasteiger partial charge in [0.1, 0.15) is 23.6 Å². The average Bonchev–Trinajstić information content (AvgIpc) is 3.08. The Morgan fingerprint density at radius 2 is 2.06 bits per heavy atom. The first-order valence-corrected chi connectivity index (χ1v) is 6.10. The summed E-state index contributed by atoms with van der Waals surface area (Å²) in [5.74, 6) is 0.828. The molecule has 96 valence electrons. The zero-order valence-corrected chi connectivity index (χ0v) is 11.1. The van der Waals surface area contributed by atoms with Crippen LogP contribution in [-0.4, -0.2) is 36.6 Å². The Kier molecular flexibility index (Phi) is 2.23. The van der Waals surface area contributed by atoms with Gasteiger partial charge in [-0.3, -0.25) is 4.79 Å². The van der Waals surface area contributed by atoms with Crippen LogP contribution in [-0.2, 0) is 4.74 Å². The molecule has 0 saturated carbocycles. The molecule has 2 unspecified atom stereocenters. The maximum Gasteiger partial charge on any atom is 0.253 e. The van der Waals surface area contributed by atoms with Gasteiger partial charge in [-0.1, -0.05) is 0 Å². The molecule has 1 aromatic rings. The summed E-state index contributed by atoms with van der Waals surface area (Å²) in [5.41, 5.74) is 1.38. The maximum atomic E-state index is 11.9. The topological polar surface area (TPSA) is 42.1 Å². The van der Waals surface area contributed by atoms with Crippen molar-refractivity contribution in [3.63, 3.8) is 0 Å². The number of nitrogens with zero attached hydrogens (tertiary/aromatic N) is 1. The quantitative estimate of drug-likeness (QED) is 0.713. The summed E-state index contributed by atoms with van der Waals surface area (Å²) < 4.78 is 11.6. The molecule has 4 nitrogen and oxygen atoms in total. The van der Waals surface area contributed by atoms with Crippen molar-refractivity contribution in [2.75, 3.05) is 14.1 Å². The molecule has 2 atom stereocenters. The fraction of sp³-hybridized carbons (Fsp3) is 0.500. The molecular formula is C14H17NO3. The number of carbonyl (C=O) groups is 1. The number of fused-ring (bicyclic) bond motifs is 3. The third-order valence-electron chi connectivity index (χ3n) is 3.52. The van der Waals surface area contributed by atoms with Crippen LogP contribution in [0.1, 0.15) is 35.9 Å². The maximum absolute atomic E-state index is 11.9. The van der Waals surface area contributed by atoms with Crippen molar-refractivity contribution < 1.29 is 14.3 Å². The second-order valence-corrected chi connectivity index (χ2v) is 5.63. The summed E-state index contributed by atoms with van der Waals surface area (Å²) in [6.07, 6.45) is 0.188. The minimum Gasteiger partial charge on any atom is -0.485 e. The molecule has 1 saturated heterocycles. The molecule has 0 bridgehead atoms. The van der Waals surface area contributed by atoms with E-state index in [-0.39, 0.29) is 23.7 Å². The van der Waals surface area contributed by atoms with Crippen LogP contribution in [0.15, 0.2) is 18.2 Å². The van der Waals surface area contributed by atoms with E-state index in [4.69, 9.17) is 9.47 Å². The van der Waals surface area contributed by atoms with E-state index in [1.807, 2.05) is 26.0 Å². The number of benzene rings is 1. The van der Waals surface area contributed by atoms with Crippen molar-refractivity contribution >= 4 is 5.91 Å². The molecule has 4 heteroatoms. The molecule has 2 aliphatic heterocycles. The molecule has 2 heterocycles. The fourth-order valence-corrected chi connectivity index (χ4v) is 2.47. The van der Waals surface area contributed by atoms with Crippen LogP contribution in [0.25, 0.3) is 0 Å². The predicted molar refractivity (Wildman–Crippen MR) is 66.8 cm³/mol. The molecule has 0 aliphatic carbocycles. The second kappa shape index (κ2) is 3.48. The van der Waals surface area contributed by atoms with Gasteiger partial charge in [0.05, 0.1) is 0 Å². The number of hydrogen-bond donors (Lipinski definition) is 0. The minimum atomic E-state index is -0.287. The Labute approximate surface area is 106 Å². The fourth-order valence-electron chi connectivity index (χ4n) is 2.47. The smallest absolute Gasteiger partial charge is 0.253 e. The highest BCUT2D eigenvalue weighted by Crippen LogP contribution is 2.53. The predicted octanol–water partition coefficient (Wildman–Crippen LogP) is 2.00.